The topological polar surface area (TPSA) is 62.2 Å². The Kier molecular flexibility index (Phi) is 4.31. The molecule has 98 valence electrons. The molecule has 1 fully saturated rings. The van der Waals surface area contributed by atoms with E-state index >= 15 is 0 Å². The average Bonchev–Trinajstić information content (AvgIpc) is 2.37. The van der Waals surface area contributed by atoms with Gasteiger partial charge in [-0.1, -0.05) is 25.8 Å². The molecular formula is C14H20N2O2. The summed E-state index contributed by atoms with van der Waals surface area (Å²) in [6.07, 6.45) is 5.02. The Bertz CT molecular complexity index is 420. The van der Waals surface area contributed by atoms with Gasteiger partial charge in [-0.25, -0.2) is 9.78 Å². The number of pyridine rings is 1. The second-order valence-electron chi connectivity index (χ2n) is 5.17. The van der Waals surface area contributed by atoms with Crippen LogP contribution >= 0.6 is 0 Å². The van der Waals surface area contributed by atoms with E-state index in [4.69, 9.17) is 5.11 Å². The zero-order valence-corrected chi connectivity index (χ0v) is 10.7. The third kappa shape index (κ3) is 3.53. The number of aromatic carboxylic acids is 1. The number of aromatic nitrogens is 1. The zero-order chi connectivity index (χ0) is 13.0. The molecule has 0 aromatic carbocycles. The van der Waals surface area contributed by atoms with E-state index in [-0.39, 0.29) is 5.69 Å². The van der Waals surface area contributed by atoms with Gasteiger partial charge in [0.25, 0.3) is 0 Å². The molecule has 0 saturated heterocycles. The molecule has 1 heterocycles. The number of rotatable bonds is 4. The number of carboxylic acids is 1. The Labute approximate surface area is 107 Å². The van der Waals surface area contributed by atoms with Crippen LogP contribution in [-0.4, -0.2) is 22.1 Å². The molecule has 1 aliphatic carbocycles. The van der Waals surface area contributed by atoms with Crippen molar-refractivity contribution < 1.29 is 9.90 Å². The minimum atomic E-state index is -0.969. The summed E-state index contributed by atoms with van der Waals surface area (Å²) in [5.74, 6) is -0.183. The van der Waals surface area contributed by atoms with Crippen LogP contribution in [-0.2, 0) is 6.54 Å². The molecule has 18 heavy (non-hydrogen) atoms. The van der Waals surface area contributed by atoms with Crippen LogP contribution in [0.2, 0.25) is 0 Å². The van der Waals surface area contributed by atoms with Gasteiger partial charge >= 0.3 is 5.97 Å². The lowest BCUT2D eigenvalue weighted by molar-refractivity contribution is 0.0690. The van der Waals surface area contributed by atoms with Gasteiger partial charge in [0, 0.05) is 12.6 Å². The molecule has 4 heteroatoms. The maximum Gasteiger partial charge on any atom is 0.354 e. The molecule has 1 aromatic heterocycles. The molecule has 2 rings (SSSR count). The van der Waals surface area contributed by atoms with Crippen molar-refractivity contribution in [2.24, 2.45) is 5.92 Å². The van der Waals surface area contributed by atoms with E-state index in [0.29, 0.717) is 12.6 Å². The van der Waals surface area contributed by atoms with Crippen LogP contribution in [0.3, 0.4) is 0 Å². The number of nitrogens with zero attached hydrogens (tertiary/aromatic N) is 1. The normalized spacial score (nSPS) is 23.8. The summed E-state index contributed by atoms with van der Waals surface area (Å²) in [4.78, 5) is 14.9. The van der Waals surface area contributed by atoms with E-state index in [1.807, 2.05) is 6.07 Å². The number of hydrogen-bond donors (Lipinski definition) is 2. The molecule has 0 aliphatic heterocycles. The monoisotopic (exact) mass is 248 g/mol. The van der Waals surface area contributed by atoms with E-state index in [9.17, 15) is 4.79 Å². The molecule has 0 radical (unpaired) electrons. The van der Waals surface area contributed by atoms with Crippen molar-refractivity contribution in [3.63, 3.8) is 0 Å². The highest BCUT2D eigenvalue weighted by Gasteiger charge is 2.18. The third-order valence-corrected chi connectivity index (χ3v) is 3.53. The van der Waals surface area contributed by atoms with Crippen LogP contribution in [0.5, 0.6) is 0 Å². The zero-order valence-electron chi connectivity index (χ0n) is 10.7. The van der Waals surface area contributed by atoms with Gasteiger partial charge in [0.15, 0.2) is 0 Å². The van der Waals surface area contributed by atoms with Gasteiger partial charge in [-0.05, 0) is 30.9 Å². The SMILES string of the molecule is CC1CCCC(NCc2cccc(C(=O)O)n2)C1. The van der Waals surface area contributed by atoms with Crippen molar-refractivity contribution in [3.05, 3.63) is 29.6 Å². The average molecular weight is 248 g/mol. The van der Waals surface area contributed by atoms with Crippen molar-refractivity contribution in [2.75, 3.05) is 0 Å². The molecule has 1 saturated carbocycles. The van der Waals surface area contributed by atoms with E-state index < -0.39 is 5.97 Å². The first-order valence-corrected chi connectivity index (χ1v) is 6.58. The first-order chi connectivity index (χ1) is 8.65. The van der Waals surface area contributed by atoms with Crippen LogP contribution in [0.15, 0.2) is 18.2 Å². The van der Waals surface area contributed by atoms with E-state index in [1.165, 1.54) is 31.7 Å². The van der Waals surface area contributed by atoms with Crippen LogP contribution < -0.4 is 5.32 Å². The first-order valence-electron chi connectivity index (χ1n) is 6.58. The summed E-state index contributed by atoms with van der Waals surface area (Å²) in [6, 6.07) is 5.68. The summed E-state index contributed by atoms with van der Waals surface area (Å²) in [5, 5.41) is 12.4. The number of hydrogen-bond acceptors (Lipinski definition) is 3. The number of carboxylic acid groups (broad SMARTS) is 1. The predicted octanol–water partition coefficient (Wildman–Crippen LogP) is 2.45. The molecule has 4 nitrogen and oxygen atoms in total. The van der Waals surface area contributed by atoms with Gasteiger partial charge in [0.05, 0.1) is 5.69 Å². The molecule has 2 unspecified atom stereocenters. The van der Waals surface area contributed by atoms with Crippen molar-refractivity contribution in [3.8, 4) is 0 Å². The second kappa shape index (κ2) is 5.96. The molecule has 0 amide bonds. The van der Waals surface area contributed by atoms with Crippen LogP contribution in [0.4, 0.5) is 0 Å². The molecule has 1 aliphatic rings. The van der Waals surface area contributed by atoms with Gasteiger partial charge in [0.1, 0.15) is 5.69 Å². The summed E-state index contributed by atoms with van der Waals surface area (Å²) >= 11 is 0. The van der Waals surface area contributed by atoms with Gasteiger partial charge < -0.3 is 10.4 Å². The molecule has 2 N–H and O–H groups in total. The summed E-state index contributed by atoms with van der Waals surface area (Å²) in [6.45, 7) is 2.94. The lowest BCUT2D eigenvalue weighted by Gasteiger charge is -2.27. The van der Waals surface area contributed by atoms with Crippen molar-refractivity contribution in [2.45, 2.75) is 45.2 Å². The molecule has 1 aromatic rings. The minimum Gasteiger partial charge on any atom is -0.477 e. The van der Waals surface area contributed by atoms with Gasteiger partial charge in [-0.3, -0.25) is 0 Å². The molecule has 0 spiro atoms. The Morgan fingerprint density at radius 2 is 2.33 bits per heavy atom. The molecule has 2 atom stereocenters. The maximum absolute atomic E-state index is 10.8. The summed E-state index contributed by atoms with van der Waals surface area (Å²) in [7, 11) is 0. The summed E-state index contributed by atoms with van der Waals surface area (Å²) in [5.41, 5.74) is 0.916. The van der Waals surface area contributed by atoms with Crippen LogP contribution in [0.25, 0.3) is 0 Å². The van der Waals surface area contributed by atoms with Crippen molar-refractivity contribution in [1.82, 2.24) is 10.3 Å². The Hall–Kier alpha value is -1.42. The fourth-order valence-electron chi connectivity index (χ4n) is 2.57. The Morgan fingerprint density at radius 3 is 3.06 bits per heavy atom. The van der Waals surface area contributed by atoms with Gasteiger partial charge in [-0.2, -0.15) is 0 Å². The Balaban J connectivity index is 1.89. The fourth-order valence-corrected chi connectivity index (χ4v) is 2.57. The predicted molar refractivity (Wildman–Crippen MR) is 69.5 cm³/mol. The number of carbonyl (C=O) groups is 1. The fraction of sp³-hybridized carbons (Fsp3) is 0.571. The highest BCUT2D eigenvalue weighted by molar-refractivity contribution is 5.85. The number of nitrogens with one attached hydrogen (secondary N) is 1. The smallest absolute Gasteiger partial charge is 0.354 e. The minimum absolute atomic E-state index is 0.117. The molecular weight excluding hydrogens is 228 g/mol. The third-order valence-electron chi connectivity index (χ3n) is 3.53. The van der Waals surface area contributed by atoms with E-state index in [2.05, 4.69) is 17.2 Å². The highest BCUT2D eigenvalue weighted by Crippen LogP contribution is 2.23. The molecule has 0 bridgehead atoms. The highest BCUT2D eigenvalue weighted by atomic mass is 16.4. The van der Waals surface area contributed by atoms with E-state index in [0.717, 1.165) is 11.6 Å². The quantitative estimate of drug-likeness (QED) is 0.859. The summed E-state index contributed by atoms with van der Waals surface area (Å²) < 4.78 is 0. The van der Waals surface area contributed by atoms with Gasteiger partial charge in [0.2, 0.25) is 0 Å². The lowest BCUT2D eigenvalue weighted by atomic mass is 9.87. The van der Waals surface area contributed by atoms with Crippen LogP contribution in [0, 0.1) is 5.92 Å². The van der Waals surface area contributed by atoms with Crippen LogP contribution in [0.1, 0.15) is 48.8 Å². The van der Waals surface area contributed by atoms with Crippen molar-refractivity contribution >= 4 is 5.97 Å². The Morgan fingerprint density at radius 1 is 1.50 bits per heavy atom. The maximum atomic E-state index is 10.8. The largest absolute Gasteiger partial charge is 0.477 e. The first kappa shape index (κ1) is 13.0. The van der Waals surface area contributed by atoms with Crippen molar-refractivity contribution in [1.29, 1.82) is 0 Å². The standard InChI is InChI=1S/C14H20N2O2/c1-10-4-2-5-11(8-10)15-9-12-6-3-7-13(16-12)14(17)18/h3,6-7,10-11,15H,2,4-5,8-9H2,1H3,(H,17,18). The lowest BCUT2D eigenvalue weighted by Crippen LogP contribution is -2.33. The van der Waals surface area contributed by atoms with Gasteiger partial charge in [-0.15, -0.1) is 0 Å². The van der Waals surface area contributed by atoms with E-state index in [1.54, 1.807) is 6.07 Å². The second-order valence-corrected chi connectivity index (χ2v) is 5.17.